The smallest absolute Gasteiger partial charge is 0.324 e. The molecule has 3 heterocycles. The van der Waals surface area contributed by atoms with Crippen LogP contribution in [0.4, 0.5) is 26.9 Å². The summed E-state index contributed by atoms with van der Waals surface area (Å²) in [5.74, 6) is 1.72. The molecule has 3 aromatic carbocycles. The molecule has 1 saturated heterocycles. The molecule has 0 unspecified atom stereocenters. The van der Waals surface area contributed by atoms with Crippen LogP contribution in [0.1, 0.15) is 36.6 Å². The molecule has 0 bridgehead atoms. The van der Waals surface area contributed by atoms with Crippen LogP contribution in [0.25, 0.3) is 16.5 Å². The van der Waals surface area contributed by atoms with E-state index in [4.69, 9.17) is 14.6 Å². The van der Waals surface area contributed by atoms with Crippen LogP contribution >= 0.6 is 0 Å². The fourth-order valence-corrected chi connectivity index (χ4v) is 5.41. The third-order valence-corrected chi connectivity index (χ3v) is 7.95. The molecular formula is C36H39N7O4. The molecule has 47 heavy (non-hydrogen) atoms. The second-order valence-corrected chi connectivity index (χ2v) is 11.5. The van der Waals surface area contributed by atoms with Gasteiger partial charge in [-0.25, -0.2) is 19.3 Å². The lowest BCUT2D eigenvalue weighted by molar-refractivity contribution is 0.0564. The number of nitrogens with one attached hydrogen (secondary N) is 3. The number of benzene rings is 3. The summed E-state index contributed by atoms with van der Waals surface area (Å²) in [6.07, 6.45) is 4.56. The van der Waals surface area contributed by atoms with Crippen molar-refractivity contribution in [1.82, 2.24) is 19.7 Å². The summed E-state index contributed by atoms with van der Waals surface area (Å²) in [6, 6.07) is 24.5. The Morgan fingerprint density at radius 2 is 1.70 bits per heavy atom. The monoisotopic (exact) mass is 633 g/mol. The van der Waals surface area contributed by atoms with Gasteiger partial charge < -0.3 is 19.7 Å². The number of urea groups is 2. The average Bonchev–Trinajstić information content (AvgIpc) is 3.49. The van der Waals surface area contributed by atoms with Crippen LogP contribution in [-0.4, -0.2) is 58.0 Å². The zero-order chi connectivity index (χ0) is 32.6. The normalized spacial score (nSPS) is 12.9. The van der Waals surface area contributed by atoms with E-state index in [1.807, 2.05) is 79.7 Å². The molecule has 4 amide bonds. The van der Waals surface area contributed by atoms with Crippen LogP contribution in [0.3, 0.4) is 0 Å². The summed E-state index contributed by atoms with van der Waals surface area (Å²) in [4.78, 5) is 31.9. The molecule has 0 radical (unpaired) electrons. The molecule has 1 aliphatic heterocycles. The number of morpholine rings is 1. The molecule has 11 nitrogen and oxygen atoms in total. The standard InChI is InChI=1S/C36H39N7O4/c1-3-4-7-27-23-34(43(41-27)28-12-10-25(2)11-13-28)40-35(44)38-31-14-15-32(30-9-6-5-8-29(30)31)47-24-26-16-17-37-33(22-26)39-36(45)42-18-20-46-21-19-42/h5-6,8-17,22-23H,3-4,7,18-21,24H2,1-2H3,(H,37,39,45)(H2,38,40,44). The Morgan fingerprint density at radius 1 is 0.915 bits per heavy atom. The minimum atomic E-state index is -0.373. The van der Waals surface area contributed by atoms with Gasteiger partial charge in [0.2, 0.25) is 0 Å². The van der Waals surface area contributed by atoms with Gasteiger partial charge in [-0.1, -0.05) is 55.3 Å². The number of amides is 4. The van der Waals surface area contributed by atoms with E-state index in [1.165, 1.54) is 0 Å². The first-order valence-electron chi connectivity index (χ1n) is 15.9. The highest BCUT2D eigenvalue weighted by atomic mass is 16.5. The van der Waals surface area contributed by atoms with E-state index in [0.29, 0.717) is 49.4 Å². The molecule has 5 aromatic rings. The lowest BCUT2D eigenvalue weighted by Crippen LogP contribution is -2.43. The van der Waals surface area contributed by atoms with Crippen LogP contribution in [-0.2, 0) is 17.8 Å². The number of rotatable bonds is 10. The van der Waals surface area contributed by atoms with Crippen molar-refractivity contribution in [3.63, 3.8) is 0 Å². The number of carbonyl (C=O) groups excluding carboxylic acids is 2. The summed E-state index contributed by atoms with van der Waals surface area (Å²) in [6.45, 7) is 6.61. The van der Waals surface area contributed by atoms with E-state index in [2.05, 4.69) is 27.9 Å². The summed E-state index contributed by atoms with van der Waals surface area (Å²) in [7, 11) is 0. The van der Waals surface area contributed by atoms with Gasteiger partial charge in [-0.05, 0) is 61.7 Å². The van der Waals surface area contributed by atoms with Gasteiger partial charge in [0.15, 0.2) is 0 Å². The molecule has 0 atom stereocenters. The van der Waals surface area contributed by atoms with Crippen molar-refractivity contribution in [3.8, 4) is 11.4 Å². The number of nitrogens with zero attached hydrogens (tertiary/aromatic N) is 4. The first kappa shape index (κ1) is 31.6. The highest BCUT2D eigenvalue weighted by molar-refractivity contribution is 6.07. The Bertz CT molecular complexity index is 1850. The maximum absolute atomic E-state index is 13.4. The van der Waals surface area contributed by atoms with Crippen LogP contribution in [0.5, 0.6) is 5.75 Å². The number of ether oxygens (including phenoxy) is 2. The Balaban J connectivity index is 1.14. The van der Waals surface area contributed by atoms with Crippen LogP contribution in [0, 0.1) is 6.92 Å². The fraction of sp³-hybridized carbons (Fsp3) is 0.278. The van der Waals surface area contributed by atoms with E-state index in [1.54, 1.807) is 21.8 Å². The van der Waals surface area contributed by atoms with E-state index in [0.717, 1.165) is 52.5 Å². The van der Waals surface area contributed by atoms with Crippen molar-refractivity contribution in [3.05, 3.63) is 102 Å². The lowest BCUT2D eigenvalue weighted by atomic mass is 10.1. The van der Waals surface area contributed by atoms with Crippen LogP contribution < -0.4 is 20.7 Å². The number of aromatic nitrogens is 3. The van der Waals surface area contributed by atoms with Crippen molar-refractivity contribution in [1.29, 1.82) is 0 Å². The maximum atomic E-state index is 13.4. The van der Waals surface area contributed by atoms with Crippen molar-refractivity contribution >= 4 is 40.2 Å². The number of hydrogen-bond acceptors (Lipinski definition) is 6. The van der Waals surface area contributed by atoms with Gasteiger partial charge in [0.1, 0.15) is 24.0 Å². The highest BCUT2D eigenvalue weighted by Crippen LogP contribution is 2.32. The van der Waals surface area contributed by atoms with Gasteiger partial charge in [-0.15, -0.1) is 0 Å². The molecule has 1 aliphatic rings. The fourth-order valence-electron chi connectivity index (χ4n) is 5.41. The van der Waals surface area contributed by atoms with Crippen molar-refractivity contribution in [2.24, 2.45) is 0 Å². The maximum Gasteiger partial charge on any atom is 0.324 e. The van der Waals surface area contributed by atoms with Crippen molar-refractivity contribution in [2.45, 2.75) is 39.7 Å². The summed E-state index contributed by atoms with van der Waals surface area (Å²) >= 11 is 0. The second-order valence-electron chi connectivity index (χ2n) is 11.5. The van der Waals surface area contributed by atoms with E-state index in [9.17, 15) is 9.59 Å². The van der Waals surface area contributed by atoms with Crippen LogP contribution in [0.15, 0.2) is 85.1 Å². The summed E-state index contributed by atoms with van der Waals surface area (Å²) in [5, 5.41) is 15.4. The third kappa shape index (κ3) is 7.87. The van der Waals surface area contributed by atoms with Gasteiger partial charge in [0, 0.05) is 36.1 Å². The Morgan fingerprint density at radius 3 is 2.49 bits per heavy atom. The first-order valence-corrected chi connectivity index (χ1v) is 15.9. The van der Waals surface area contributed by atoms with Gasteiger partial charge in [0.05, 0.1) is 30.3 Å². The van der Waals surface area contributed by atoms with Crippen LogP contribution in [0.2, 0.25) is 0 Å². The number of carbonyl (C=O) groups is 2. The quantitative estimate of drug-likeness (QED) is 0.150. The topological polar surface area (TPSA) is 123 Å². The molecule has 1 fully saturated rings. The zero-order valence-electron chi connectivity index (χ0n) is 26.7. The third-order valence-electron chi connectivity index (χ3n) is 7.95. The summed E-state index contributed by atoms with van der Waals surface area (Å²) in [5.41, 5.74) is 4.45. The number of hydrogen-bond donors (Lipinski definition) is 3. The van der Waals surface area contributed by atoms with Gasteiger partial charge in [0.25, 0.3) is 0 Å². The molecule has 0 aliphatic carbocycles. The molecule has 6 rings (SSSR count). The Hall–Kier alpha value is -5.42. The van der Waals surface area contributed by atoms with Gasteiger partial charge in [-0.3, -0.25) is 10.6 Å². The number of aryl methyl sites for hydroxylation is 2. The predicted molar refractivity (Wildman–Crippen MR) is 183 cm³/mol. The lowest BCUT2D eigenvalue weighted by Gasteiger charge is -2.26. The van der Waals surface area contributed by atoms with Crippen molar-refractivity contribution in [2.75, 3.05) is 42.3 Å². The van der Waals surface area contributed by atoms with Gasteiger partial charge >= 0.3 is 12.1 Å². The average molecular weight is 634 g/mol. The largest absolute Gasteiger partial charge is 0.488 e. The Kier molecular flexibility index (Phi) is 9.93. The summed E-state index contributed by atoms with van der Waals surface area (Å²) < 4.78 is 13.3. The highest BCUT2D eigenvalue weighted by Gasteiger charge is 2.18. The Labute approximate surface area is 273 Å². The number of pyridine rings is 1. The SMILES string of the molecule is CCCCc1cc(NC(=O)Nc2ccc(OCc3ccnc(NC(=O)N4CCOCC4)c3)c3ccccc23)n(-c2ccc(C)cc2)n1. The molecule has 11 heteroatoms. The molecule has 0 saturated carbocycles. The minimum absolute atomic E-state index is 0.200. The molecular weight excluding hydrogens is 594 g/mol. The van der Waals surface area contributed by atoms with E-state index in [-0.39, 0.29) is 18.7 Å². The molecule has 242 valence electrons. The number of fused-ring (bicyclic) bond motifs is 1. The first-order chi connectivity index (χ1) is 23.0. The number of anilines is 3. The van der Waals surface area contributed by atoms with E-state index < -0.39 is 0 Å². The molecule has 0 spiro atoms. The predicted octanol–water partition coefficient (Wildman–Crippen LogP) is 7.16. The zero-order valence-corrected chi connectivity index (χ0v) is 26.7. The van der Waals surface area contributed by atoms with E-state index >= 15 is 0 Å². The molecule has 2 aromatic heterocycles. The second kappa shape index (κ2) is 14.8. The number of unbranched alkanes of at least 4 members (excludes halogenated alkanes) is 1. The van der Waals surface area contributed by atoms with Gasteiger partial charge in [-0.2, -0.15) is 5.10 Å². The molecule has 3 N–H and O–H groups in total. The van der Waals surface area contributed by atoms with Crippen molar-refractivity contribution < 1.29 is 19.1 Å². The minimum Gasteiger partial charge on any atom is -0.488 e.